The third kappa shape index (κ3) is 4.85. The Morgan fingerprint density at radius 2 is 2.00 bits per heavy atom. The van der Waals surface area contributed by atoms with Gasteiger partial charge in [-0.2, -0.15) is 23.1 Å². The summed E-state index contributed by atoms with van der Waals surface area (Å²) in [5, 5.41) is 13.8. The summed E-state index contributed by atoms with van der Waals surface area (Å²) in [5.74, 6) is 0.976. The van der Waals surface area contributed by atoms with E-state index in [9.17, 15) is 31.9 Å². The van der Waals surface area contributed by atoms with Gasteiger partial charge >= 0.3 is 12.2 Å². The maximum absolute atomic E-state index is 15.0. The number of fused-ring (bicyclic) bond motifs is 6. The Morgan fingerprint density at radius 1 is 1.17 bits per heavy atom. The van der Waals surface area contributed by atoms with Crippen molar-refractivity contribution in [2.24, 2.45) is 0 Å². The molecule has 5 saturated heterocycles. The second kappa shape index (κ2) is 11.0. The van der Waals surface area contributed by atoms with Crippen LogP contribution in [0.15, 0.2) is 35.1 Å². The molecule has 4 aromatic rings. The molecule has 0 spiro atoms. The fourth-order valence-corrected chi connectivity index (χ4v) is 8.22. The average molecular weight is 667 g/mol. The van der Waals surface area contributed by atoms with Gasteiger partial charge in [0.05, 0.1) is 22.2 Å². The number of halogens is 5. The Morgan fingerprint density at radius 3 is 2.71 bits per heavy atom. The van der Waals surface area contributed by atoms with Crippen molar-refractivity contribution in [3.63, 3.8) is 0 Å². The molecule has 5 aliphatic rings. The maximum atomic E-state index is 15.0. The Kier molecular flexibility index (Phi) is 7.08. The summed E-state index contributed by atoms with van der Waals surface area (Å²) in [5.41, 5.74) is -4.31. The molecule has 48 heavy (non-hydrogen) atoms. The zero-order valence-corrected chi connectivity index (χ0v) is 25.7. The summed E-state index contributed by atoms with van der Waals surface area (Å²) in [6, 6.07) is 5.05. The summed E-state index contributed by atoms with van der Waals surface area (Å²) >= 11 is 0. The van der Waals surface area contributed by atoms with Gasteiger partial charge < -0.3 is 20.1 Å². The number of anilines is 1. The lowest BCUT2D eigenvalue weighted by atomic mass is 9.93. The number of nitrogens with one attached hydrogen (secondary N) is 1. The standard InChI is InChI=1S/C34H31F5N6O3/c1-2-23-25(36)7-4-18-10-22(46)11-26(28(18)23)45-27(34(37,38)39)12-24-29(31(45)47)41-32(42-30(24)44-16-20-5-6-21(44)14-40-20)48-17-33-8-3-9-43(33)15-19(35)13-33/h1,4,7,10-12,19-21,40,46H,3,5-6,8-9,13-17H2/t19-,20?,21?,33+/m1/s1. The van der Waals surface area contributed by atoms with Crippen LogP contribution in [0.25, 0.3) is 27.4 Å². The summed E-state index contributed by atoms with van der Waals surface area (Å²) in [6.07, 6.45) is 3.01. The van der Waals surface area contributed by atoms with Crippen LogP contribution in [0.2, 0.25) is 0 Å². The first-order chi connectivity index (χ1) is 23.0. The molecule has 0 saturated carbocycles. The molecule has 9 rings (SSSR count). The van der Waals surface area contributed by atoms with Crippen LogP contribution in [-0.4, -0.2) is 81.1 Å². The molecule has 2 aromatic heterocycles. The highest BCUT2D eigenvalue weighted by molar-refractivity contribution is 5.97. The van der Waals surface area contributed by atoms with E-state index in [1.165, 1.54) is 12.1 Å². The van der Waals surface area contributed by atoms with Crippen LogP contribution in [0, 0.1) is 18.2 Å². The van der Waals surface area contributed by atoms with Gasteiger partial charge in [0.1, 0.15) is 41.4 Å². The van der Waals surface area contributed by atoms with Crippen molar-refractivity contribution in [2.45, 2.75) is 62.1 Å². The molecule has 7 heterocycles. The Hall–Kier alpha value is -4.48. The fraction of sp³-hybridized carbons (Fsp3) is 0.441. The fourth-order valence-electron chi connectivity index (χ4n) is 8.22. The molecule has 2 unspecified atom stereocenters. The quantitative estimate of drug-likeness (QED) is 0.235. The van der Waals surface area contributed by atoms with Crippen LogP contribution in [0.3, 0.4) is 0 Å². The summed E-state index contributed by atoms with van der Waals surface area (Å²) in [4.78, 5) is 27.4. The van der Waals surface area contributed by atoms with E-state index in [1.807, 2.05) is 9.80 Å². The van der Waals surface area contributed by atoms with Gasteiger partial charge in [-0.1, -0.05) is 12.0 Å². The van der Waals surface area contributed by atoms with Crippen molar-refractivity contribution < 1.29 is 31.8 Å². The number of alkyl halides is 4. The number of piperidine rings is 2. The maximum Gasteiger partial charge on any atom is 0.431 e. The van der Waals surface area contributed by atoms with E-state index in [4.69, 9.17) is 11.2 Å². The smallest absolute Gasteiger partial charge is 0.431 e. The van der Waals surface area contributed by atoms with Crippen molar-refractivity contribution >= 4 is 27.5 Å². The van der Waals surface area contributed by atoms with E-state index in [0.29, 0.717) is 30.6 Å². The number of pyridine rings is 1. The summed E-state index contributed by atoms with van der Waals surface area (Å²) in [6.45, 7) is 2.09. The van der Waals surface area contributed by atoms with Crippen LogP contribution >= 0.6 is 0 Å². The number of hydrogen-bond donors (Lipinski definition) is 2. The van der Waals surface area contributed by atoms with Crippen LogP contribution in [0.4, 0.5) is 27.8 Å². The number of terminal acetylenes is 1. The van der Waals surface area contributed by atoms with Crippen molar-refractivity contribution in [3.8, 4) is 29.8 Å². The molecule has 0 amide bonds. The van der Waals surface area contributed by atoms with E-state index < -0.39 is 46.4 Å². The molecular weight excluding hydrogens is 635 g/mol. The van der Waals surface area contributed by atoms with Crippen molar-refractivity contribution in [3.05, 3.63) is 57.8 Å². The zero-order valence-electron chi connectivity index (χ0n) is 25.7. The van der Waals surface area contributed by atoms with Crippen molar-refractivity contribution in [2.75, 3.05) is 37.7 Å². The second-order valence-corrected chi connectivity index (χ2v) is 13.2. The first-order valence-electron chi connectivity index (χ1n) is 15.9. The van der Waals surface area contributed by atoms with Crippen molar-refractivity contribution in [1.82, 2.24) is 24.8 Å². The molecule has 0 radical (unpaired) electrons. The first-order valence-corrected chi connectivity index (χ1v) is 15.9. The number of aromatic hydroxyl groups is 1. The van der Waals surface area contributed by atoms with Gasteiger partial charge in [-0.05, 0) is 55.8 Å². The van der Waals surface area contributed by atoms with E-state index >= 15 is 0 Å². The van der Waals surface area contributed by atoms with Gasteiger partial charge in [0.15, 0.2) is 0 Å². The largest absolute Gasteiger partial charge is 0.508 e. The van der Waals surface area contributed by atoms with Crippen LogP contribution < -0.4 is 20.5 Å². The normalized spacial score (nSPS) is 25.6. The topological polar surface area (TPSA) is 95.8 Å². The molecule has 4 atom stereocenters. The molecule has 250 valence electrons. The number of hydrogen-bond acceptors (Lipinski definition) is 8. The minimum Gasteiger partial charge on any atom is -0.508 e. The number of phenols is 1. The highest BCUT2D eigenvalue weighted by atomic mass is 19.4. The van der Waals surface area contributed by atoms with E-state index in [2.05, 4.69) is 21.2 Å². The van der Waals surface area contributed by atoms with Crippen molar-refractivity contribution in [1.29, 1.82) is 0 Å². The molecular formula is C34H31F5N6O3. The summed E-state index contributed by atoms with van der Waals surface area (Å²) < 4.78 is 80.9. The molecule has 9 nitrogen and oxygen atoms in total. The zero-order chi connectivity index (χ0) is 33.5. The van der Waals surface area contributed by atoms with E-state index in [-0.39, 0.29) is 64.2 Å². The monoisotopic (exact) mass is 666 g/mol. The lowest BCUT2D eigenvalue weighted by Gasteiger charge is -2.46. The second-order valence-electron chi connectivity index (χ2n) is 13.2. The number of rotatable bonds is 5. The molecule has 0 aliphatic carbocycles. The SMILES string of the molecule is C#Cc1c(F)ccc2cc(O)cc(-n3c(C(F)(F)F)cc4c(N5CC6CCC5CN6)nc(OC[C@@]56CCCN5C[C@H](F)C6)nc4c3=O)c12. The Labute approximate surface area is 271 Å². The number of benzene rings is 2. The minimum atomic E-state index is -5.08. The minimum absolute atomic E-state index is 0.0444. The van der Waals surface area contributed by atoms with Crippen LogP contribution in [0.5, 0.6) is 11.8 Å². The number of aromatic nitrogens is 3. The van der Waals surface area contributed by atoms with E-state index in [0.717, 1.165) is 44.0 Å². The Balaban J connectivity index is 1.37. The molecule has 2 aromatic carbocycles. The van der Waals surface area contributed by atoms with E-state index in [1.54, 1.807) is 0 Å². The Bertz CT molecular complexity index is 2070. The highest BCUT2D eigenvalue weighted by Gasteiger charge is 2.49. The number of nitrogens with zero attached hydrogens (tertiary/aromatic N) is 5. The highest BCUT2D eigenvalue weighted by Crippen LogP contribution is 2.42. The van der Waals surface area contributed by atoms with Crippen LogP contribution in [0.1, 0.15) is 43.4 Å². The first kappa shape index (κ1) is 30.8. The molecule has 2 N–H and O–H groups in total. The molecule has 14 heteroatoms. The number of piperazine rings is 1. The summed E-state index contributed by atoms with van der Waals surface area (Å²) in [7, 11) is 0. The third-order valence-corrected chi connectivity index (χ3v) is 10.4. The average Bonchev–Trinajstić information content (AvgIpc) is 3.59. The van der Waals surface area contributed by atoms with Gasteiger partial charge in [-0.15, -0.1) is 6.42 Å². The third-order valence-electron chi connectivity index (χ3n) is 10.4. The van der Waals surface area contributed by atoms with Gasteiger partial charge in [0.25, 0.3) is 5.56 Å². The number of ether oxygens (including phenoxy) is 1. The van der Waals surface area contributed by atoms with Crippen LogP contribution in [-0.2, 0) is 6.18 Å². The van der Waals surface area contributed by atoms with Gasteiger partial charge in [-0.3, -0.25) is 14.3 Å². The molecule has 5 aliphatic heterocycles. The lowest BCUT2D eigenvalue weighted by molar-refractivity contribution is -0.142. The number of phenolic OH excluding ortho intramolecular Hbond substituents is 1. The molecule has 5 fully saturated rings. The van der Waals surface area contributed by atoms with Gasteiger partial charge in [0, 0.05) is 49.6 Å². The van der Waals surface area contributed by atoms with Gasteiger partial charge in [0.2, 0.25) is 0 Å². The molecule has 2 bridgehead atoms. The predicted octanol–water partition coefficient (Wildman–Crippen LogP) is 4.67. The lowest BCUT2D eigenvalue weighted by Crippen LogP contribution is -2.61. The van der Waals surface area contributed by atoms with Gasteiger partial charge in [-0.25, -0.2) is 8.78 Å². The predicted molar refractivity (Wildman–Crippen MR) is 168 cm³/mol.